The number of fused-ring (bicyclic) bond motifs is 1. The van der Waals surface area contributed by atoms with Crippen molar-refractivity contribution in [3.8, 4) is 0 Å². The Balaban J connectivity index is 2.13. The molecule has 3 aromatic rings. The van der Waals surface area contributed by atoms with E-state index in [0.29, 0.717) is 10.9 Å². The monoisotopic (exact) mass is 367 g/mol. The van der Waals surface area contributed by atoms with Gasteiger partial charge in [-0.25, -0.2) is 9.59 Å². The molecule has 0 spiro atoms. The molecular formula is C20H21N3O4. The Morgan fingerprint density at radius 1 is 1.07 bits per heavy atom. The number of nitrogens with zero attached hydrogens (tertiary/aromatic N) is 3. The molecule has 7 nitrogen and oxygen atoms in total. The van der Waals surface area contributed by atoms with Gasteiger partial charge in [0.1, 0.15) is 0 Å². The number of carbonyl (C=O) groups excluding carboxylic acids is 1. The Hall–Kier alpha value is -3.35. The second-order valence-electron chi connectivity index (χ2n) is 6.52. The van der Waals surface area contributed by atoms with Gasteiger partial charge in [0, 0.05) is 26.8 Å². The summed E-state index contributed by atoms with van der Waals surface area (Å²) in [6.45, 7) is 0.150. The van der Waals surface area contributed by atoms with E-state index in [1.807, 2.05) is 43.3 Å². The first-order valence-corrected chi connectivity index (χ1v) is 8.41. The zero-order valence-electron chi connectivity index (χ0n) is 15.7. The van der Waals surface area contributed by atoms with Crippen LogP contribution in [-0.4, -0.2) is 36.3 Å². The summed E-state index contributed by atoms with van der Waals surface area (Å²) in [5, 5.41) is 0.296. The van der Waals surface area contributed by atoms with Crippen molar-refractivity contribution in [1.82, 2.24) is 9.13 Å². The molecule has 3 rings (SSSR count). The molecule has 0 atom stereocenters. The third-order valence-electron chi connectivity index (χ3n) is 4.57. The molecule has 0 unspecified atom stereocenters. The second-order valence-corrected chi connectivity index (χ2v) is 6.52. The van der Waals surface area contributed by atoms with Crippen LogP contribution in [0.2, 0.25) is 0 Å². The van der Waals surface area contributed by atoms with Gasteiger partial charge in [-0.3, -0.25) is 13.9 Å². The molecule has 0 saturated carbocycles. The van der Waals surface area contributed by atoms with Gasteiger partial charge in [-0.1, -0.05) is 12.1 Å². The minimum absolute atomic E-state index is 0.150. The van der Waals surface area contributed by atoms with E-state index in [4.69, 9.17) is 4.74 Å². The molecule has 27 heavy (non-hydrogen) atoms. The number of ether oxygens (including phenoxy) is 1. The number of anilines is 1. The molecule has 0 aliphatic heterocycles. The highest BCUT2D eigenvalue weighted by Crippen LogP contribution is 2.14. The summed E-state index contributed by atoms with van der Waals surface area (Å²) in [5.74, 6) is -0.532. The Kier molecular flexibility index (Phi) is 4.85. The van der Waals surface area contributed by atoms with Gasteiger partial charge >= 0.3 is 11.7 Å². The van der Waals surface area contributed by atoms with Crippen molar-refractivity contribution in [3.05, 3.63) is 74.4 Å². The Labute approximate surface area is 156 Å². The van der Waals surface area contributed by atoms with Gasteiger partial charge in [0.2, 0.25) is 0 Å². The lowest BCUT2D eigenvalue weighted by atomic mass is 10.1. The van der Waals surface area contributed by atoms with Crippen molar-refractivity contribution in [3.63, 3.8) is 0 Å². The summed E-state index contributed by atoms with van der Waals surface area (Å²) in [6, 6.07) is 12.2. The lowest BCUT2D eigenvalue weighted by Crippen LogP contribution is -2.39. The molecule has 0 radical (unpaired) electrons. The number of methoxy groups -OCH3 is 1. The molecule has 0 amide bonds. The second kappa shape index (κ2) is 7.11. The summed E-state index contributed by atoms with van der Waals surface area (Å²) in [6.07, 6.45) is 0. The van der Waals surface area contributed by atoms with Crippen LogP contribution in [0.3, 0.4) is 0 Å². The first-order chi connectivity index (χ1) is 12.8. The van der Waals surface area contributed by atoms with Gasteiger partial charge in [-0.15, -0.1) is 0 Å². The van der Waals surface area contributed by atoms with Crippen LogP contribution in [0.5, 0.6) is 0 Å². The maximum atomic E-state index is 12.9. The summed E-state index contributed by atoms with van der Waals surface area (Å²) in [7, 11) is 6.77. The van der Waals surface area contributed by atoms with Crippen LogP contribution in [0.4, 0.5) is 5.69 Å². The number of aryl methyl sites for hydroxylation is 1. The maximum absolute atomic E-state index is 12.9. The average Bonchev–Trinajstić information content (AvgIpc) is 2.68. The maximum Gasteiger partial charge on any atom is 0.337 e. The van der Waals surface area contributed by atoms with Crippen molar-refractivity contribution in [1.29, 1.82) is 0 Å². The Morgan fingerprint density at radius 3 is 2.33 bits per heavy atom. The first-order valence-electron chi connectivity index (χ1n) is 8.41. The lowest BCUT2D eigenvalue weighted by molar-refractivity contribution is 0.0601. The van der Waals surface area contributed by atoms with Gasteiger partial charge in [0.15, 0.2) is 0 Å². The third kappa shape index (κ3) is 3.36. The standard InChI is InChI=1S/C20H21N3O4/c1-21(2)15-8-5-13(6-9-15)12-23-18(24)16-11-14(19(25)27-4)7-10-17(16)22(3)20(23)26/h5-11H,12H2,1-4H3. The molecule has 0 saturated heterocycles. The van der Waals surface area contributed by atoms with Gasteiger partial charge < -0.3 is 9.64 Å². The van der Waals surface area contributed by atoms with E-state index < -0.39 is 17.2 Å². The molecule has 0 fully saturated rings. The number of benzene rings is 2. The minimum Gasteiger partial charge on any atom is -0.465 e. The molecule has 0 N–H and O–H groups in total. The van der Waals surface area contributed by atoms with Gasteiger partial charge in [-0.2, -0.15) is 0 Å². The molecule has 7 heteroatoms. The average molecular weight is 367 g/mol. The van der Waals surface area contributed by atoms with Gasteiger partial charge in [-0.05, 0) is 35.9 Å². The predicted molar refractivity (Wildman–Crippen MR) is 105 cm³/mol. The van der Waals surface area contributed by atoms with E-state index in [1.165, 1.54) is 28.4 Å². The largest absolute Gasteiger partial charge is 0.465 e. The number of hydrogen-bond acceptors (Lipinski definition) is 5. The van der Waals surface area contributed by atoms with Crippen molar-refractivity contribution >= 4 is 22.6 Å². The van der Waals surface area contributed by atoms with E-state index in [0.717, 1.165) is 11.3 Å². The highest BCUT2D eigenvalue weighted by atomic mass is 16.5. The van der Waals surface area contributed by atoms with Gasteiger partial charge in [0.05, 0.1) is 30.1 Å². The quantitative estimate of drug-likeness (QED) is 0.655. The van der Waals surface area contributed by atoms with Gasteiger partial charge in [0.25, 0.3) is 5.56 Å². The number of rotatable bonds is 4. The van der Waals surface area contributed by atoms with E-state index in [1.54, 1.807) is 13.1 Å². The highest BCUT2D eigenvalue weighted by molar-refractivity contribution is 5.94. The summed E-state index contributed by atoms with van der Waals surface area (Å²) < 4.78 is 7.30. The highest BCUT2D eigenvalue weighted by Gasteiger charge is 2.14. The van der Waals surface area contributed by atoms with Crippen LogP contribution < -0.4 is 16.1 Å². The Morgan fingerprint density at radius 2 is 1.74 bits per heavy atom. The van der Waals surface area contributed by atoms with Crippen molar-refractivity contribution < 1.29 is 9.53 Å². The number of hydrogen-bond donors (Lipinski definition) is 0. The SMILES string of the molecule is COC(=O)c1ccc2c(c1)c(=O)n(Cc1ccc(N(C)C)cc1)c(=O)n2C. The molecule has 0 aliphatic rings. The third-order valence-corrected chi connectivity index (χ3v) is 4.57. The van der Waals surface area contributed by atoms with Crippen LogP contribution in [-0.2, 0) is 18.3 Å². The van der Waals surface area contributed by atoms with E-state index in [-0.39, 0.29) is 12.1 Å². The molecule has 140 valence electrons. The first kappa shape index (κ1) is 18.4. The zero-order valence-corrected chi connectivity index (χ0v) is 15.7. The molecular weight excluding hydrogens is 346 g/mol. The van der Waals surface area contributed by atoms with E-state index >= 15 is 0 Å². The Bertz CT molecular complexity index is 1120. The minimum atomic E-state index is -0.532. The van der Waals surface area contributed by atoms with Crippen molar-refractivity contribution in [2.45, 2.75) is 6.54 Å². The fraction of sp³-hybridized carbons (Fsp3) is 0.250. The fourth-order valence-electron chi connectivity index (χ4n) is 2.98. The van der Waals surface area contributed by atoms with E-state index in [2.05, 4.69) is 0 Å². The van der Waals surface area contributed by atoms with Crippen molar-refractivity contribution in [2.75, 3.05) is 26.1 Å². The molecule has 1 aromatic heterocycles. The summed E-state index contributed by atoms with van der Waals surface area (Å²) in [5.41, 5.74) is 1.76. The molecule has 0 aliphatic carbocycles. The molecule has 1 heterocycles. The molecule has 2 aromatic carbocycles. The summed E-state index contributed by atoms with van der Waals surface area (Å²) >= 11 is 0. The predicted octanol–water partition coefficient (Wildman–Crippen LogP) is 1.60. The van der Waals surface area contributed by atoms with Crippen molar-refractivity contribution in [2.24, 2.45) is 7.05 Å². The molecule has 0 bridgehead atoms. The van der Waals surface area contributed by atoms with E-state index in [9.17, 15) is 14.4 Å². The van der Waals surface area contributed by atoms with Crippen LogP contribution in [0.25, 0.3) is 10.9 Å². The summed E-state index contributed by atoms with van der Waals surface area (Å²) in [4.78, 5) is 39.4. The normalized spacial score (nSPS) is 10.8. The topological polar surface area (TPSA) is 73.5 Å². The van der Waals surface area contributed by atoms with Crippen LogP contribution in [0.15, 0.2) is 52.1 Å². The zero-order chi connectivity index (χ0) is 19.7. The number of aromatic nitrogens is 2. The van der Waals surface area contributed by atoms with Crippen LogP contribution >= 0.6 is 0 Å². The lowest BCUT2D eigenvalue weighted by Gasteiger charge is -2.14. The number of carbonyl (C=O) groups is 1. The smallest absolute Gasteiger partial charge is 0.337 e. The van der Waals surface area contributed by atoms with Crippen LogP contribution in [0, 0.1) is 0 Å². The van der Waals surface area contributed by atoms with Crippen LogP contribution in [0.1, 0.15) is 15.9 Å². The fourth-order valence-corrected chi connectivity index (χ4v) is 2.98. The number of esters is 1.